The molecule has 0 saturated carbocycles. The molecule has 0 aliphatic heterocycles. The Morgan fingerprint density at radius 2 is 1.43 bits per heavy atom. The fourth-order valence-electron chi connectivity index (χ4n) is 7.40. The summed E-state index contributed by atoms with van der Waals surface area (Å²) in [7, 11) is 0. The Morgan fingerprint density at radius 1 is 0.736 bits per heavy atom. The predicted molar refractivity (Wildman–Crippen MR) is 229 cm³/mol. The molecule has 3 aromatic heterocycles. The zero-order valence-corrected chi connectivity index (χ0v) is 37.3. The molecule has 8 aromatic rings. The third kappa shape index (κ3) is 7.98. The third-order valence-corrected chi connectivity index (χ3v) is 15.5. The normalized spacial score (nSPS) is 12.0. The van der Waals surface area contributed by atoms with E-state index >= 15 is 0 Å². The van der Waals surface area contributed by atoms with Crippen molar-refractivity contribution in [3.8, 4) is 33.6 Å². The smallest absolute Gasteiger partial charge is 0.0346 e. The largest absolute Gasteiger partial charge is 0.305 e. The molecule has 0 unspecified atom stereocenters. The number of benzene rings is 5. The second kappa shape index (κ2) is 15.8. The van der Waals surface area contributed by atoms with E-state index in [0.717, 1.165) is 28.1 Å². The van der Waals surface area contributed by atoms with Crippen molar-refractivity contribution in [1.29, 1.82) is 0 Å². The van der Waals surface area contributed by atoms with Crippen LogP contribution in [0, 0.1) is 39.8 Å². The summed E-state index contributed by atoms with van der Waals surface area (Å²) in [6.45, 7) is 12.6. The van der Waals surface area contributed by atoms with E-state index in [9.17, 15) is 0 Å². The monoisotopic (exact) mass is 950 g/mol. The van der Waals surface area contributed by atoms with Gasteiger partial charge in [-0.15, -0.1) is 17.7 Å². The molecular weight excluding hydrogens is 901 g/mol. The number of hydrogen-bond donors (Lipinski definition) is 0. The molecule has 3 heterocycles. The van der Waals surface area contributed by atoms with Gasteiger partial charge in [-0.2, -0.15) is 11.3 Å². The molecule has 0 spiro atoms. The minimum atomic E-state index is -1.82. The minimum absolute atomic E-state index is 0. The number of aromatic nitrogens is 2. The topological polar surface area (TPSA) is 25.8 Å². The van der Waals surface area contributed by atoms with Crippen LogP contribution in [0.1, 0.15) is 48.9 Å². The second-order valence-corrected chi connectivity index (χ2v) is 26.8. The number of pyridine rings is 2. The fourth-order valence-corrected chi connectivity index (χ4v) is 12.2. The maximum Gasteiger partial charge on any atom is 0.0346 e. The quantitative estimate of drug-likeness (QED) is 0.127. The average molecular weight is 949 g/mol. The van der Waals surface area contributed by atoms with E-state index in [4.69, 9.17) is 6.35 Å². The maximum absolute atomic E-state index is 8.46. The molecule has 0 bridgehead atoms. The van der Waals surface area contributed by atoms with Crippen LogP contribution in [0.25, 0.3) is 64.6 Å². The molecule has 0 atom stereocenters. The number of fused-ring (bicyclic) bond motifs is 4. The molecule has 53 heavy (non-hydrogen) atoms. The number of nitrogens with zero attached hydrogens (tertiary/aromatic N) is 2. The van der Waals surface area contributed by atoms with Gasteiger partial charge in [0.15, 0.2) is 0 Å². The molecule has 8 rings (SSSR count). The summed E-state index contributed by atoms with van der Waals surface area (Å²) in [5, 5.41) is 5.00. The van der Waals surface area contributed by atoms with Gasteiger partial charge in [-0.25, -0.2) is 0 Å². The number of hydrogen-bond acceptors (Lipinski definition) is 3. The first-order chi connectivity index (χ1) is 25.2. The van der Waals surface area contributed by atoms with E-state index in [2.05, 4.69) is 153 Å². The van der Waals surface area contributed by atoms with Gasteiger partial charge in [0.1, 0.15) is 0 Å². The maximum atomic E-state index is 8.46. The van der Waals surface area contributed by atoms with E-state index in [0.29, 0.717) is 0 Å². The molecule has 5 aromatic carbocycles. The van der Waals surface area contributed by atoms with Crippen LogP contribution >= 0.6 is 11.3 Å². The van der Waals surface area contributed by atoms with Gasteiger partial charge >= 0.3 is 129 Å². The summed E-state index contributed by atoms with van der Waals surface area (Å²) in [4.78, 5) is 9.38. The van der Waals surface area contributed by atoms with E-state index in [1.807, 2.05) is 32.2 Å². The van der Waals surface area contributed by atoms with E-state index in [-0.39, 0.29) is 20.1 Å². The molecule has 0 fully saturated rings. The summed E-state index contributed by atoms with van der Waals surface area (Å²) in [6, 6.07) is 41.1. The summed E-state index contributed by atoms with van der Waals surface area (Å²) >= 11 is -0.0221. The van der Waals surface area contributed by atoms with Crippen LogP contribution in [0.3, 0.4) is 0 Å². The zero-order valence-electron chi connectivity index (χ0n) is 33.0. The Labute approximate surface area is 336 Å². The molecule has 1 radical (unpaired) electrons. The van der Waals surface area contributed by atoms with Crippen molar-refractivity contribution in [2.45, 2.75) is 64.7 Å². The Bertz CT molecular complexity index is 2630. The molecule has 0 saturated heterocycles. The Hall–Kier alpha value is -3.93. The summed E-state index contributed by atoms with van der Waals surface area (Å²) in [5.74, 6) is 6.55. The molecule has 0 aliphatic carbocycles. The van der Waals surface area contributed by atoms with Crippen LogP contribution < -0.4 is 4.40 Å². The van der Waals surface area contributed by atoms with Gasteiger partial charge in [0, 0.05) is 32.4 Å². The van der Waals surface area contributed by atoms with Gasteiger partial charge in [0.2, 0.25) is 0 Å². The van der Waals surface area contributed by atoms with Crippen LogP contribution in [-0.4, -0.2) is 23.2 Å². The van der Waals surface area contributed by atoms with Gasteiger partial charge in [0.25, 0.3) is 0 Å². The molecule has 0 aliphatic rings. The SMILES string of the molecule is Cc1cc(-c2[c-]cc3ccccc3c2)nc[c]1[Ge]([CH3])([CH3])[CH3].[2H]C(C)(C)c1ccnc(-c2[c-]cc(-c3c(C)cc(C)cc3C)c3c2sc2ccccc23)c1.[Ir]. The molecule has 0 amide bonds. The van der Waals surface area contributed by atoms with E-state index < -0.39 is 19.2 Å². The van der Waals surface area contributed by atoms with Crippen molar-refractivity contribution in [2.24, 2.45) is 0 Å². The fraction of sp³-hybridized carbons (Fsp3) is 0.208. The first-order valence-electron chi connectivity index (χ1n) is 18.5. The third-order valence-electron chi connectivity index (χ3n) is 9.87. The van der Waals surface area contributed by atoms with Crippen molar-refractivity contribution in [3.63, 3.8) is 0 Å². The van der Waals surface area contributed by atoms with Gasteiger partial charge in [-0.05, 0) is 54.6 Å². The molecular formula is C48H46GeIrN2S-2. The van der Waals surface area contributed by atoms with Crippen molar-refractivity contribution < 1.29 is 21.5 Å². The number of thiophene rings is 1. The summed E-state index contributed by atoms with van der Waals surface area (Å²) < 4.78 is 12.4. The number of aryl methyl sites for hydroxylation is 4. The van der Waals surface area contributed by atoms with E-state index in [1.54, 1.807) is 11.3 Å². The minimum Gasteiger partial charge on any atom is -0.305 e. The van der Waals surface area contributed by atoms with Gasteiger partial charge in [0.05, 0.1) is 0 Å². The standard InChI is InChI=1S/C29H26NS.C19H20GeN.Ir/c1-17(2)21-12-13-30-25(16-21)22-10-11-24(27-19(4)14-18(3)15-20(27)5)28-23-8-6-7-9-26(23)31-29(22)28;1-14-11-19(21-13-18(14)20(2,3)4)17-10-9-15-7-5-6-8-16(15)12-17;/h6-9,11-17H,1-5H3;5-9,11-13H,1-4H3;/q2*-1;/i17D;;. The van der Waals surface area contributed by atoms with Gasteiger partial charge < -0.3 is 4.98 Å². The zero-order chi connectivity index (χ0) is 37.7. The average Bonchev–Trinajstić information content (AvgIpc) is 3.50. The van der Waals surface area contributed by atoms with Crippen LogP contribution in [0.15, 0.2) is 109 Å². The van der Waals surface area contributed by atoms with Crippen LogP contribution in [0.5, 0.6) is 0 Å². The second-order valence-electron chi connectivity index (χ2n) is 15.2. The molecule has 0 N–H and O–H groups in total. The molecule has 5 heteroatoms. The van der Waals surface area contributed by atoms with Crippen molar-refractivity contribution in [3.05, 3.63) is 149 Å². The van der Waals surface area contributed by atoms with Crippen LogP contribution in [0.2, 0.25) is 17.3 Å². The Kier molecular flexibility index (Phi) is 11.2. The van der Waals surface area contributed by atoms with Crippen molar-refractivity contribution in [2.75, 3.05) is 0 Å². The molecule has 269 valence electrons. The van der Waals surface area contributed by atoms with Crippen molar-refractivity contribution in [1.82, 2.24) is 9.97 Å². The van der Waals surface area contributed by atoms with E-state index in [1.165, 1.54) is 68.7 Å². The van der Waals surface area contributed by atoms with Gasteiger partial charge in [-0.1, -0.05) is 89.0 Å². The Morgan fingerprint density at radius 3 is 2.13 bits per heavy atom. The van der Waals surface area contributed by atoms with Crippen molar-refractivity contribution >= 4 is 59.9 Å². The first-order valence-corrected chi connectivity index (χ1v) is 26.1. The Balaban J connectivity index is 0.000000197. The predicted octanol–water partition coefficient (Wildman–Crippen LogP) is 13.2. The molecule has 2 nitrogen and oxygen atoms in total. The van der Waals surface area contributed by atoms with Crippen LogP contribution in [0.4, 0.5) is 0 Å². The number of rotatable bonds is 5. The summed E-state index contributed by atoms with van der Waals surface area (Å²) in [6.07, 6.45) is 3.91. The van der Waals surface area contributed by atoms with Crippen LogP contribution in [-0.2, 0) is 20.1 Å². The first kappa shape index (κ1) is 37.4. The summed E-state index contributed by atoms with van der Waals surface area (Å²) in [5.41, 5.74) is 12.7. The van der Waals surface area contributed by atoms with Gasteiger partial charge in [-0.3, -0.25) is 0 Å².